The number of carbonyl (C=O) groups is 2. The molecule has 2 aliphatic rings. The van der Waals surface area contributed by atoms with E-state index >= 15 is 0 Å². The fraction of sp³-hybridized carbons (Fsp3) is 0.167. The molecule has 3 aromatic carbocycles. The summed E-state index contributed by atoms with van der Waals surface area (Å²) < 4.78 is 23.9. The molecule has 31 heavy (non-hydrogen) atoms. The Hall–Kier alpha value is -3.71. The maximum atomic E-state index is 13.4. The van der Waals surface area contributed by atoms with Crippen molar-refractivity contribution >= 4 is 17.4 Å². The van der Waals surface area contributed by atoms with Crippen molar-refractivity contribution in [3.63, 3.8) is 0 Å². The molecule has 2 heterocycles. The lowest BCUT2D eigenvalue weighted by Crippen LogP contribution is -2.41. The number of anilines is 1. The van der Waals surface area contributed by atoms with Crippen molar-refractivity contribution in [2.24, 2.45) is 0 Å². The van der Waals surface area contributed by atoms with E-state index in [1.54, 1.807) is 36.4 Å². The van der Waals surface area contributed by atoms with Gasteiger partial charge in [-0.3, -0.25) is 9.59 Å². The van der Waals surface area contributed by atoms with Gasteiger partial charge in [0, 0.05) is 11.1 Å². The van der Waals surface area contributed by atoms with E-state index in [9.17, 15) is 19.1 Å². The van der Waals surface area contributed by atoms with Crippen LogP contribution < -0.4 is 14.4 Å². The van der Waals surface area contributed by atoms with Crippen LogP contribution in [0.15, 0.2) is 66.7 Å². The molecule has 1 atom stereocenters. The summed E-state index contributed by atoms with van der Waals surface area (Å²) in [5.41, 5.74) is -0.0649. The van der Waals surface area contributed by atoms with Crippen LogP contribution in [0.3, 0.4) is 0 Å². The Morgan fingerprint density at radius 1 is 1.03 bits per heavy atom. The summed E-state index contributed by atoms with van der Waals surface area (Å²) in [7, 11) is 0. The second kappa shape index (κ2) is 7.21. The topological polar surface area (TPSA) is 76.1 Å². The zero-order valence-electron chi connectivity index (χ0n) is 16.4. The lowest BCUT2D eigenvalue weighted by atomic mass is 9.88. The fourth-order valence-electron chi connectivity index (χ4n) is 4.03. The van der Waals surface area contributed by atoms with Gasteiger partial charge in [0.25, 0.3) is 5.91 Å². The zero-order valence-corrected chi connectivity index (χ0v) is 16.4. The maximum Gasteiger partial charge on any atom is 0.264 e. The van der Waals surface area contributed by atoms with Gasteiger partial charge in [-0.05, 0) is 48.0 Å². The molecule has 1 amide bonds. The molecule has 0 saturated carbocycles. The SMILES string of the molecule is O=C(C[C@]1(O)C(=O)N(Cc2ccc3c(c2)OCO3)c2ccccc21)c1ccc(F)cc1. The van der Waals surface area contributed by atoms with Crippen LogP contribution in [-0.2, 0) is 16.9 Å². The first kappa shape index (κ1) is 19.3. The summed E-state index contributed by atoms with van der Waals surface area (Å²) in [6.45, 7) is 0.342. The van der Waals surface area contributed by atoms with Gasteiger partial charge in [0.05, 0.1) is 18.7 Å². The van der Waals surface area contributed by atoms with E-state index in [4.69, 9.17) is 9.47 Å². The van der Waals surface area contributed by atoms with Gasteiger partial charge in [0.2, 0.25) is 6.79 Å². The van der Waals surface area contributed by atoms with Crippen LogP contribution in [0.1, 0.15) is 27.9 Å². The third-order valence-electron chi connectivity index (χ3n) is 5.60. The first-order valence-electron chi connectivity index (χ1n) is 9.77. The number of hydrogen-bond acceptors (Lipinski definition) is 5. The first-order valence-corrected chi connectivity index (χ1v) is 9.77. The van der Waals surface area contributed by atoms with Crippen LogP contribution in [0.25, 0.3) is 0 Å². The van der Waals surface area contributed by atoms with Crippen LogP contribution in [0, 0.1) is 5.82 Å². The quantitative estimate of drug-likeness (QED) is 0.640. The molecule has 5 rings (SSSR count). The van der Waals surface area contributed by atoms with Crippen LogP contribution in [-0.4, -0.2) is 23.6 Å². The smallest absolute Gasteiger partial charge is 0.264 e. The molecule has 0 saturated heterocycles. The van der Waals surface area contributed by atoms with Gasteiger partial charge >= 0.3 is 0 Å². The average molecular weight is 419 g/mol. The minimum Gasteiger partial charge on any atom is -0.454 e. The Labute approximate surface area is 177 Å². The van der Waals surface area contributed by atoms with Crippen molar-refractivity contribution in [1.82, 2.24) is 0 Å². The zero-order chi connectivity index (χ0) is 21.6. The number of nitrogens with zero attached hydrogens (tertiary/aromatic N) is 1. The maximum absolute atomic E-state index is 13.4. The van der Waals surface area contributed by atoms with Gasteiger partial charge in [0.1, 0.15) is 5.82 Å². The molecule has 0 fully saturated rings. The highest BCUT2D eigenvalue weighted by molar-refractivity contribution is 6.10. The fourth-order valence-corrected chi connectivity index (χ4v) is 4.03. The molecule has 0 radical (unpaired) electrons. The van der Waals surface area contributed by atoms with E-state index in [1.807, 2.05) is 6.07 Å². The molecule has 3 aromatic rings. The van der Waals surface area contributed by atoms with Gasteiger partial charge in [-0.25, -0.2) is 4.39 Å². The number of halogens is 1. The number of ketones is 1. The molecule has 2 aliphatic heterocycles. The van der Waals surface area contributed by atoms with E-state index in [0.717, 1.165) is 5.56 Å². The molecule has 156 valence electrons. The van der Waals surface area contributed by atoms with Crippen molar-refractivity contribution in [2.45, 2.75) is 18.6 Å². The monoisotopic (exact) mass is 419 g/mol. The average Bonchev–Trinajstić information content (AvgIpc) is 3.32. The molecule has 0 unspecified atom stereocenters. The molecule has 0 bridgehead atoms. The molecule has 1 N–H and O–H groups in total. The lowest BCUT2D eigenvalue weighted by molar-refractivity contribution is -0.136. The molecular formula is C24H18FNO5. The third-order valence-corrected chi connectivity index (χ3v) is 5.60. The van der Waals surface area contributed by atoms with Gasteiger partial charge in [-0.15, -0.1) is 0 Å². The highest BCUT2D eigenvalue weighted by Crippen LogP contribution is 2.44. The Morgan fingerprint density at radius 3 is 2.58 bits per heavy atom. The molecule has 0 spiro atoms. The number of fused-ring (bicyclic) bond motifs is 2. The third kappa shape index (κ3) is 3.23. The largest absolute Gasteiger partial charge is 0.454 e. The first-order chi connectivity index (χ1) is 15.0. The van der Waals surface area contributed by atoms with Crippen molar-refractivity contribution in [1.29, 1.82) is 0 Å². The highest BCUT2D eigenvalue weighted by Gasteiger charge is 2.50. The Balaban J connectivity index is 1.46. The van der Waals surface area contributed by atoms with Crippen molar-refractivity contribution < 1.29 is 28.6 Å². The summed E-state index contributed by atoms with van der Waals surface area (Å²) in [5, 5.41) is 11.4. The van der Waals surface area contributed by atoms with E-state index in [0.29, 0.717) is 22.7 Å². The van der Waals surface area contributed by atoms with E-state index in [1.165, 1.54) is 29.2 Å². The Morgan fingerprint density at radius 2 is 1.77 bits per heavy atom. The normalized spacial score (nSPS) is 18.9. The number of amides is 1. The number of carbonyl (C=O) groups excluding carboxylic acids is 2. The number of rotatable bonds is 5. The molecule has 0 aromatic heterocycles. The predicted molar refractivity (Wildman–Crippen MR) is 109 cm³/mol. The van der Waals surface area contributed by atoms with E-state index < -0.39 is 29.5 Å². The molecule has 6 nitrogen and oxygen atoms in total. The van der Waals surface area contributed by atoms with Crippen LogP contribution in [0.2, 0.25) is 0 Å². The summed E-state index contributed by atoms with van der Waals surface area (Å²) in [6, 6.07) is 17.3. The Bertz CT molecular complexity index is 1190. The predicted octanol–water partition coefficient (Wildman–Crippen LogP) is 3.56. The molecule has 7 heteroatoms. The summed E-state index contributed by atoms with van der Waals surface area (Å²) in [6.07, 6.45) is -0.438. The number of para-hydroxylation sites is 1. The highest BCUT2D eigenvalue weighted by atomic mass is 19.1. The van der Waals surface area contributed by atoms with Crippen molar-refractivity contribution in [3.05, 3.63) is 89.2 Å². The number of aliphatic hydroxyl groups is 1. The second-order valence-corrected chi connectivity index (χ2v) is 7.56. The van der Waals surface area contributed by atoms with E-state index in [2.05, 4.69) is 0 Å². The van der Waals surface area contributed by atoms with E-state index in [-0.39, 0.29) is 18.9 Å². The summed E-state index contributed by atoms with van der Waals surface area (Å²) in [5.74, 6) is -0.262. The van der Waals surface area contributed by atoms with Gasteiger partial charge in [0.15, 0.2) is 22.9 Å². The van der Waals surface area contributed by atoms with Crippen molar-refractivity contribution in [2.75, 3.05) is 11.7 Å². The standard InChI is InChI=1S/C24H18FNO5/c25-17-8-6-16(7-9-17)20(27)12-24(29)18-3-1-2-4-19(18)26(23(24)28)13-15-5-10-21-22(11-15)31-14-30-21/h1-11,29H,12-14H2/t24-/m1/s1. The lowest BCUT2D eigenvalue weighted by Gasteiger charge is -2.23. The number of benzene rings is 3. The van der Waals surface area contributed by atoms with Crippen LogP contribution in [0.4, 0.5) is 10.1 Å². The Kier molecular flexibility index (Phi) is 4.48. The second-order valence-electron chi connectivity index (χ2n) is 7.56. The van der Waals surface area contributed by atoms with Crippen molar-refractivity contribution in [3.8, 4) is 11.5 Å². The molecule has 0 aliphatic carbocycles. The summed E-state index contributed by atoms with van der Waals surface area (Å²) in [4.78, 5) is 27.6. The minimum absolute atomic E-state index is 0.148. The van der Waals surface area contributed by atoms with Gasteiger partial charge < -0.3 is 19.5 Å². The minimum atomic E-state index is -2.00. The summed E-state index contributed by atoms with van der Waals surface area (Å²) >= 11 is 0. The number of hydrogen-bond donors (Lipinski definition) is 1. The number of ether oxygens (including phenoxy) is 2. The van der Waals surface area contributed by atoms with Crippen LogP contribution in [0.5, 0.6) is 11.5 Å². The number of Topliss-reactive ketones (excluding diaryl/α,β-unsaturated/α-hetero) is 1. The molecular weight excluding hydrogens is 401 g/mol. The van der Waals surface area contributed by atoms with Crippen LogP contribution >= 0.6 is 0 Å². The van der Waals surface area contributed by atoms with Gasteiger partial charge in [-0.1, -0.05) is 24.3 Å². The van der Waals surface area contributed by atoms with Gasteiger partial charge in [-0.2, -0.15) is 0 Å².